The molecule has 1 aromatic rings. The van der Waals surface area contributed by atoms with E-state index in [4.69, 9.17) is 4.74 Å². The summed E-state index contributed by atoms with van der Waals surface area (Å²) in [5.74, 6) is 0.932. The molecule has 3 heteroatoms. The number of hydrogen-bond donors (Lipinski definition) is 1. The van der Waals surface area contributed by atoms with E-state index in [9.17, 15) is 0 Å². The molecule has 3 rings (SSSR count). The van der Waals surface area contributed by atoms with Crippen molar-refractivity contribution >= 4 is 11.4 Å². The number of rotatable bonds is 2. The number of nitrogens with one attached hydrogen (secondary N) is 1. The number of methoxy groups -OCH3 is 1. The highest BCUT2D eigenvalue weighted by atomic mass is 16.5. The minimum absolute atomic E-state index is 0.342. The first kappa shape index (κ1) is 12.6. The van der Waals surface area contributed by atoms with Gasteiger partial charge in [-0.15, -0.1) is 0 Å². The van der Waals surface area contributed by atoms with Crippen molar-refractivity contribution in [2.45, 2.75) is 44.6 Å². The van der Waals surface area contributed by atoms with E-state index in [1.165, 1.54) is 43.5 Å². The molecule has 0 radical (unpaired) electrons. The molecule has 0 atom stereocenters. The summed E-state index contributed by atoms with van der Waals surface area (Å²) in [6.07, 6.45) is 6.76. The van der Waals surface area contributed by atoms with Crippen LogP contribution in [0, 0.1) is 0 Å². The summed E-state index contributed by atoms with van der Waals surface area (Å²) in [5, 5.41) is 3.64. The van der Waals surface area contributed by atoms with Crippen molar-refractivity contribution in [3.8, 4) is 5.75 Å². The maximum absolute atomic E-state index is 5.33. The van der Waals surface area contributed by atoms with Crippen LogP contribution < -0.4 is 15.0 Å². The van der Waals surface area contributed by atoms with Crippen molar-refractivity contribution in [3.05, 3.63) is 18.2 Å². The Morgan fingerprint density at radius 2 is 2.05 bits per heavy atom. The summed E-state index contributed by atoms with van der Waals surface area (Å²) in [6.45, 7) is 4.43. The second-order valence-corrected chi connectivity index (χ2v) is 5.77. The lowest BCUT2D eigenvalue weighted by Crippen LogP contribution is -2.57. The van der Waals surface area contributed by atoms with Gasteiger partial charge in [-0.1, -0.05) is 19.3 Å². The van der Waals surface area contributed by atoms with Crippen LogP contribution in [-0.2, 0) is 0 Å². The quantitative estimate of drug-likeness (QED) is 0.878. The van der Waals surface area contributed by atoms with Gasteiger partial charge in [-0.05, 0) is 31.9 Å². The van der Waals surface area contributed by atoms with E-state index in [0.717, 1.165) is 18.8 Å². The third-order valence-electron chi connectivity index (χ3n) is 4.78. The fourth-order valence-electron chi connectivity index (χ4n) is 3.79. The number of anilines is 2. The Labute approximate surface area is 115 Å². The van der Waals surface area contributed by atoms with Crippen LogP contribution in [0.5, 0.6) is 5.75 Å². The molecular formula is C16H24N2O. The zero-order valence-electron chi connectivity index (χ0n) is 12.0. The van der Waals surface area contributed by atoms with Gasteiger partial charge >= 0.3 is 0 Å². The molecule has 1 aliphatic heterocycles. The lowest BCUT2D eigenvalue weighted by atomic mass is 9.78. The maximum atomic E-state index is 5.33. The van der Waals surface area contributed by atoms with Crippen molar-refractivity contribution in [1.29, 1.82) is 0 Å². The summed E-state index contributed by atoms with van der Waals surface area (Å²) in [7, 11) is 1.73. The molecule has 1 heterocycles. The smallest absolute Gasteiger partial charge is 0.121 e. The largest absolute Gasteiger partial charge is 0.497 e. The van der Waals surface area contributed by atoms with Crippen molar-refractivity contribution in [1.82, 2.24) is 0 Å². The lowest BCUT2D eigenvalue weighted by Gasteiger charge is -2.51. The van der Waals surface area contributed by atoms with Crippen LogP contribution in [-0.4, -0.2) is 25.7 Å². The molecule has 2 aliphatic rings. The third-order valence-corrected chi connectivity index (χ3v) is 4.78. The van der Waals surface area contributed by atoms with E-state index in [0.29, 0.717) is 5.54 Å². The first-order chi connectivity index (χ1) is 9.29. The molecule has 19 heavy (non-hydrogen) atoms. The maximum Gasteiger partial charge on any atom is 0.121 e. The zero-order chi connectivity index (χ0) is 13.3. The summed E-state index contributed by atoms with van der Waals surface area (Å²) in [4.78, 5) is 2.62. The predicted molar refractivity (Wildman–Crippen MR) is 80.3 cm³/mol. The van der Waals surface area contributed by atoms with Gasteiger partial charge in [-0.3, -0.25) is 0 Å². The summed E-state index contributed by atoms with van der Waals surface area (Å²) >= 11 is 0. The fourth-order valence-corrected chi connectivity index (χ4v) is 3.79. The highest BCUT2D eigenvalue weighted by molar-refractivity contribution is 5.75. The summed E-state index contributed by atoms with van der Waals surface area (Å²) in [5.41, 5.74) is 2.91. The number of hydrogen-bond acceptors (Lipinski definition) is 3. The van der Waals surface area contributed by atoms with Crippen molar-refractivity contribution in [2.24, 2.45) is 0 Å². The minimum atomic E-state index is 0.342. The molecule has 0 unspecified atom stereocenters. The Morgan fingerprint density at radius 3 is 2.74 bits per heavy atom. The van der Waals surface area contributed by atoms with E-state index in [1.807, 2.05) is 0 Å². The highest BCUT2D eigenvalue weighted by Gasteiger charge is 2.40. The monoisotopic (exact) mass is 260 g/mol. The molecule has 1 N–H and O–H groups in total. The van der Waals surface area contributed by atoms with Crippen LogP contribution in [0.15, 0.2) is 18.2 Å². The Bertz CT molecular complexity index is 452. The van der Waals surface area contributed by atoms with E-state index in [1.54, 1.807) is 7.11 Å². The van der Waals surface area contributed by atoms with Gasteiger partial charge in [0.15, 0.2) is 0 Å². The average molecular weight is 260 g/mol. The SMILES string of the molecule is CCN1c2ccc(OC)cc2NCC12CCCCC2. The molecule has 1 saturated carbocycles. The Balaban J connectivity index is 1.97. The first-order valence-electron chi connectivity index (χ1n) is 7.49. The minimum Gasteiger partial charge on any atom is -0.497 e. The molecule has 1 spiro atoms. The van der Waals surface area contributed by atoms with Crippen LogP contribution in [0.4, 0.5) is 11.4 Å². The molecular weight excluding hydrogens is 236 g/mol. The molecule has 1 aromatic carbocycles. The summed E-state index contributed by atoms with van der Waals surface area (Å²) in [6, 6.07) is 6.40. The number of likely N-dealkylation sites (N-methyl/N-ethyl adjacent to an activating group) is 1. The normalized spacial score (nSPS) is 20.8. The van der Waals surface area contributed by atoms with Gasteiger partial charge in [0.2, 0.25) is 0 Å². The topological polar surface area (TPSA) is 24.5 Å². The third kappa shape index (κ3) is 2.05. The number of fused-ring (bicyclic) bond motifs is 1. The average Bonchev–Trinajstić information content (AvgIpc) is 2.47. The van der Waals surface area contributed by atoms with E-state index in [-0.39, 0.29) is 0 Å². The van der Waals surface area contributed by atoms with Crippen LogP contribution in [0.3, 0.4) is 0 Å². The Hall–Kier alpha value is -1.38. The van der Waals surface area contributed by atoms with Gasteiger partial charge in [0.25, 0.3) is 0 Å². The second kappa shape index (κ2) is 4.95. The molecule has 0 saturated heterocycles. The molecule has 104 valence electrons. The van der Waals surface area contributed by atoms with Gasteiger partial charge in [0.1, 0.15) is 5.75 Å². The van der Waals surface area contributed by atoms with Crippen molar-refractivity contribution in [2.75, 3.05) is 30.4 Å². The van der Waals surface area contributed by atoms with E-state index in [2.05, 4.69) is 35.3 Å². The van der Waals surface area contributed by atoms with Crippen LogP contribution in [0.1, 0.15) is 39.0 Å². The molecule has 0 aromatic heterocycles. The van der Waals surface area contributed by atoms with Gasteiger partial charge < -0.3 is 15.0 Å². The van der Waals surface area contributed by atoms with Gasteiger partial charge in [0, 0.05) is 19.2 Å². The zero-order valence-corrected chi connectivity index (χ0v) is 12.0. The Kier molecular flexibility index (Phi) is 3.29. The molecule has 1 aliphatic carbocycles. The number of benzene rings is 1. The number of ether oxygens (including phenoxy) is 1. The molecule has 3 nitrogen and oxygen atoms in total. The van der Waals surface area contributed by atoms with Crippen LogP contribution in [0.25, 0.3) is 0 Å². The highest BCUT2D eigenvalue weighted by Crippen LogP contribution is 2.44. The van der Waals surface area contributed by atoms with Gasteiger partial charge in [-0.25, -0.2) is 0 Å². The van der Waals surface area contributed by atoms with Crippen LogP contribution in [0.2, 0.25) is 0 Å². The van der Waals surface area contributed by atoms with Crippen molar-refractivity contribution in [3.63, 3.8) is 0 Å². The van der Waals surface area contributed by atoms with Gasteiger partial charge in [0.05, 0.1) is 24.0 Å². The lowest BCUT2D eigenvalue weighted by molar-refractivity contribution is 0.285. The summed E-state index contributed by atoms with van der Waals surface area (Å²) < 4.78 is 5.33. The predicted octanol–water partition coefficient (Wildman–Crippen LogP) is 3.65. The number of nitrogens with zero attached hydrogens (tertiary/aromatic N) is 1. The second-order valence-electron chi connectivity index (χ2n) is 5.77. The van der Waals surface area contributed by atoms with E-state index >= 15 is 0 Å². The first-order valence-corrected chi connectivity index (χ1v) is 7.49. The fraction of sp³-hybridized carbons (Fsp3) is 0.625. The Morgan fingerprint density at radius 1 is 1.26 bits per heavy atom. The van der Waals surface area contributed by atoms with E-state index < -0.39 is 0 Å². The standard InChI is InChI=1S/C16H24N2O/c1-3-18-15-8-7-13(19-2)11-14(15)17-12-16(18)9-5-4-6-10-16/h7-8,11,17H,3-6,9-10,12H2,1-2H3. The molecule has 0 bridgehead atoms. The van der Waals surface area contributed by atoms with Crippen LogP contribution >= 0.6 is 0 Å². The van der Waals surface area contributed by atoms with Crippen molar-refractivity contribution < 1.29 is 4.74 Å². The van der Waals surface area contributed by atoms with Gasteiger partial charge in [-0.2, -0.15) is 0 Å². The molecule has 0 amide bonds. The molecule has 1 fully saturated rings.